The SMILES string of the molecule is Cn1cc(C(C)(O)c2cc(F)c3c(c2)C(=O)N(Cc2ccc(Cl)cn2)[C@@]3(OCC2(C#N)CC2)c2ccc(Cl)cc2)cn1. The van der Waals surface area contributed by atoms with Crippen molar-refractivity contribution in [2.24, 2.45) is 12.5 Å². The minimum absolute atomic E-state index is 0.0109. The molecule has 0 spiro atoms. The summed E-state index contributed by atoms with van der Waals surface area (Å²) in [6, 6.07) is 15.0. The molecule has 4 aromatic rings. The molecule has 0 saturated heterocycles. The summed E-state index contributed by atoms with van der Waals surface area (Å²) in [6.07, 6.45) is 5.85. The molecule has 1 unspecified atom stereocenters. The molecule has 42 heavy (non-hydrogen) atoms. The fourth-order valence-corrected chi connectivity index (χ4v) is 5.64. The third-order valence-corrected chi connectivity index (χ3v) is 8.58. The van der Waals surface area contributed by atoms with Crippen molar-refractivity contribution in [3.63, 3.8) is 0 Å². The summed E-state index contributed by atoms with van der Waals surface area (Å²) >= 11 is 12.3. The summed E-state index contributed by atoms with van der Waals surface area (Å²) in [7, 11) is 1.71. The van der Waals surface area contributed by atoms with Crippen LogP contribution >= 0.6 is 23.2 Å². The lowest BCUT2D eigenvalue weighted by Gasteiger charge is -2.40. The summed E-state index contributed by atoms with van der Waals surface area (Å²) in [4.78, 5) is 20.1. The number of nitriles is 1. The number of hydrogen-bond acceptors (Lipinski definition) is 6. The van der Waals surface area contributed by atoms with Crippen molar-refractivity contribution < 1.29 is 19.0 Å². The fourth-order valence-electron chi connectivity index (χ4n) is 5.40. The van der Waals surface area contributed by atoms with E-state index in [0.29, 0.717) is 39.7 Å². The predicted molar refractivity (Wildman–Crippen MR) is 153 cm³/mol. The highest BCUT2D eigenvalue weighted by molar-refractivity contribution is 6.30. The van der Waals surface area contributed by atoms with Gasteiger partial charge in [0.25, 0.3) is 5.91 Å². The van der Waals surface area contributed by atoms with Gasteiger partial charge in [0.2, 0.25) is 0 Å². The van der Waals surface area contributed by atoms with Gasteiger partial charge in [0.05, 0.1) is 52.7 Å². The maximum absolute atomic E-state index is 16.6. The summed E-state index contributed by atoms with van der Waals surface area (Å²) < 4.78 is 24.7. The molecule has 3 heterocycles. The maximum atomic E-state index is 16.6. The van der Waals surface area contributed by atoms with Crippen LogP contribution in [0, 0.1) is 22.6 Å². The largest absolute Gasteiger partial charge is 0.381 e. The molecule has 0 bridgehead atoms. The van der Waals surface area contributed by atoms with Gasteiger partial charge in [0.1, 0.15) is 11.4 Å². The smallest absolute Gasteiger partial charge is 0.257 e. The Kier molecular flexibility index (Phi) is 6.86. The molecule has 1 amide bonds. The first-order valence-corrected chi connectivity index (χ1v) is 14.0. The van der Waals surface area contributed by atoms with Crippen molar-refractivity contribution in [2.75, 3.05) is 6.61 Å². The molecule has 2 aliphatic rings. The van der Waals surface area contributed by atoms with Crippen LogP contribution < -0.4 is 0 Å². The molecule has 214 valence electrons. The third-order valence-electron chi connectivity index (χ3n) is 8.11. The van der Waals surface area contributed by atoms with Gasteiger partial charge in [-0.2, -0.15) is 10.4 Å². The number of nitrogens with zero attached hydrogens (tertiary/aromatic N) is 5. The number of carbonyl (C=O) groups is 1. The van der Waals surface area contributed by atoms with E-state index in [1.807, 2.05) is 0 Å². The highest BCUT2D eigenvalue weighted by atomic mass is 35.5. The van der Waals surface area contributed by atoms with Crippen LogP contribution in [0.4, 0.5) is 4.39 Å². The Morgan fingerprint density at radius 2 is 1.83 bits per heavy atom. The topological polar surface area (TPSA) is 104 Å². The Balaban J connectivity index is 1.57. The number of ether oxygens (including phenoxy) is 1. The quantitative estimate of drug-likeness (QED) is 0.276. The Labute approximate surface area is 251 Å². The minimum Gasteiger partial charge on any atom is -0.381 e. The van der Waals surface area contributed by atoms with E-state index in [1.165, 1.54) is 41.0 Å². The number of rotatable bonds is 8. The second-order valence-corrected chi connectivity index (χ2v) is 11.9. The molecule has 2 atom stereocenters. The predicted octanol–water partition coefficient (Wildman–Crippen LogP) is 5.69. The zero-order chi connectivity index (χ0) is 29.9. The normalized spacial score (nSPS) is 20.2. The van der Waals surface area contributed by atoms with Crippen LogP contribution in [0.25, 0.3) is 0 Å². The number of hydrogen-bond donors (Lipinski definition) is 1. The number of amides is 1. The van der Waals surface area contributed by atoms with Crippen LogP contribution in [0.15, 0.2) is 67.1 Å². The Morgan fingerprint density at radius 1 is 1.12 bits per heavy atom. The van der Waals surface area contributed by atoms with Gasteiger partial charge in [-0.15, -0.1) is 0 Å². The molecule has 8 nitrogen and oxygen atoms in total. The maximum Gasteiger partial charge on any atom is 0.257 e. The number of pyridine rings is 1. The number of benzene rings is 2. The number of aliphatic hydroxyl groups is 1. The van der Waals surface area contributed by atoms with Crippen LogP contribution in [0.5, 0.6) is 0 Å². The Morgan fingerprint density at radius 3 is 2.43 bits per heavy atom. The van der Waals surface area contributed by atoms with Gasteiger partial charge < -0.3 is 9.84 Å². The number of carbonyl (C=O) groups excluding carboxylic acids is 1. The van der Waals surface area contributed by atoms with Crippen molar-refractivity contribution >= 4 is 29.1 Å². The molecular formula is C31H26Cl2FN5O3. The molecular weight excluding hydrogens is 580 g/mol. The first-order chi connectivity index (χ1) is 20.0. The number of aromatic nitrogens is 3. The van der Waals surface area contributed by atoms with Crippen molar-refractivity contribution in [2.45, 2.75) is 37.6 Å². The van der Waals surface area contributed by atoms with E-state index in [0.717, 1.165) is 0 Å². The average Bonchev–Trinajstić information content (AvgIpc) is 3.55. The lowest BCUT2D eigenvalue weighted by molar-refractivity contribution is -0.122. The van der Waals surface area contributed by atoms with Crippen molar-refractivity contribution in [1.29, 1.82) is 5.26 Å². The van der Waals surface area contributed by atoms with Gasteiger partial charge in [-0.05, 0) is 61.7 Å². The standard InChI is InChI=1S/C31H26Cl2FN5O3/c1-29(41,21-13-37-38(2)15-21)20-11-25-27(26(34)12-20)31(19-3-5-22(32)6-4-19,42-18-30(17-35)9-10-30)39(28(25)40)16-24-8-7-23(33)14-36-24/h3-8,11-15,41H,9-10,16,18H2,1-2H3/t29?,31-/m1/s1. The Hall–Kier alpha value is -3.81. The van der Waals surface area contributed by atoms with Crippen LogP contribution in [0.2, 0.25) is 10.0 Å². The van der Waals surface area contributed by atoms with E-state index in [-0.39, 0.29) is 29.8 Å². The summed E-state index contributed by atoms with van der Waals surface area (Å²) in [5, 5.41) is 26.3. The van der Waals surface area contributed by atoms with Gasteiger partial charge >= 0.3 is 0 Å². The molecule has 2 aromatic heterocycles. The van der Waals surface area contributed by atoms with E-state index in [2.05, 4.69) is 16.2 Å². The number of halogens is 3. The van der Waals surface area contributed by atoms with E-state index in [1.54, 1.807) is 49.6 Å². The highest BCUT2D eigenvalue weighted by Crippen LogP contribution is 2.52. The second kappa shape index (κ2) is 10.2. The van der Waals surface area contributed by atoms with Crippen molar-refractivity contribution in [3.8, 4) is 6.07 Å². The van der Waals surface area contributed by atoms with Gasteiger partial charge in [-0.1, -0.05) is 35.3 Å². The molecule has 11 heteroatoms. The van der Waals surface area contributed by atoms with Crippen LogP contribution in [-0.4, -0.2) is 37.3 Å². The van der Waals surface area contributed by atoms with Gasteiger partial charge in [0, 0.05) is 35.6 Å². The molecule has 1 aliphatic carbocycles. The molecule has 0 radical (unpaired) electrons. The Bertz CT molecular complexity index is 1730. The van der Waals surface area contributed by atoms with E-state index in [4.69, 9.17) is 27.9 Å². The molecule has 1 N–H and O–H groups in total. The van der Waals surface area contributed by atoms with E-state index < -0.39 is 28.5 Å². The monoisotopic (exact) mass is 605 g/mol. The zero-order valence-corrected chi connectivity index (χ0v) is 24.3. The lowest BCUT2D eigenvalue weighted by atomic mass is 9.85. The van der Waals surface area contributed by atoms with Crippen LogP contribution in [0.1, 0.15) is 58.1 Å². The summed E-state index contributed by atoms with van der Waals surface area (Å²) in [5.41, 5.74) is -2.57. The molecule has 1 fully saturated rings. The third kappa shape index (κ3) is 4.65. The van der Waals surface area contributed by atoms with Gasteiger partial charge in [-0.3, -0.25) is 19.4 Å². The number of fused-ring (bicyclic) bond motifs is 1. The van der Waals surface area contributed by atoms with Gasteiger partial charge in [-0.25, -0.2) is 4.39 Å². The van der Waals surface area contributed by atoms with E-state index in [9.17, 15) is 15.2 Å². The highest BCUT2D eigenvalue weighted by Gasteiger charge is 2.57. The van der Waals surface area contributed by atoms with Crippen molar-refractivity contribution in [1.82, 2.24) is 19.7 Å². The van der Waals surface area contributed by atoms with Gasteiger partial charge in [0.15, 0.2) is 5.72 Å². The molecule has 2 aromatic carbocycles. The molecule has 1 saturated carbocycles. The van der Waals surface area contributed by atoms with Crippen LogP contribution in [0.3, 0.4) is 0 Å². The van der Waals surface area contributed by atoms with E-state index >= 15 is 4.39 Å². The zero-order valence-electron chi connectivity index (χ0n) is 22.8. The average molecular weight is 606 g/mol. The molecule has 1 aliphatic heterocycles. The first-order valence-electron chi connectivity index (χ1n) is 13.3. The van der Waals surface area contributed by atoms with Crippen LogP contribution in [-0.2, 0) is 29.7 Å². The molecule has 6 rings (SSSR count). The lowest BCUT2D eigenvalue weighted by Crippen LogP contribution is -2.47. The first kappa shape index (κ1) is 28.3. The minimum atomic E-state index is -1.76. The number of aryl methyl sites for hydroxylation is 1. The van der Waals surface area contributed by atoms with Crippen molar-refractivity contribution in [3.05, 3.63) is 116 Å². The summed E-state index contributed by atoms with van der Waals surface area (Å²) in [5.74, 6) is -1.27. The second-order valence-electron chi connectivity index (χ2n) is 11.0. The fraction of sp³-hybridized carbons (Fsp3) is 0.290. The summed E-state index contributed by atoms with van der Waals surface area (Å²) in [6.45, 7) is 1.44.